The molecular weight excluding hydrogens is 402 g/mol. The van der Waals surface area contributed by atoms with E-state index in [1.165, 1.54) is 10.5 Å². The maximum atomic E-state index is 13.0. The third kappa shape index (κ3) is 9.10. The quantitative estimate of drug-likeness (QED) is 0.566. The van der Waals surface area contributed by atoms with Gasteiger partial charge in [0.05, 0.1) is 0 Å². The van der Waals surface area contributed by atoms with E-state index in [2.05, 4.69) is 29.4 Å². The summed E-state index contributed by atoms with van der Waals surface area (Å²) in [6.07, 6.45) is 0.746. The van der Waals surface area contributed by atoms with Gasteiger partial charge in [-0.2, -0.15) is 0 Å². The second-order valence-electron chi connectivity index (χ2n) is 9.16. The Morgan fingerprint density at radius 3 is 2.06 bits per heavy atom. The van der Waals surface area contributed by atoms with Crippen LogP contribution < -0.4 is 5.32 Å². The van der Waals surface area contributed by atoms with Crippen LogP contribution in [0.3, 0.4) is 0 Å². The minimum Gasteiger partial charge on any atom is -0.444 e. The lowest BCUT2D eigenvalue weighted by atomic mass is 10.0. The van der Waals surface area contributed by atoms with E-state index in [4.69, 9.17) is 4.74 Å². The van der Waals surface area contributed by atoms with E-state index in [1.54, 1.807) is 7.05 Å². The highest BCUT2D eigenvalue weighted by atomic mass is 16.6. The van der Waals surface area contributed by atoms with Crippen LogP contribution in [0.15, 0.2) is 60.7 Å². The Bertz CT molecular complexity index is 834. The summed E-state index contributed by atoms with van der Waals surface area (Å²) in [4.78, 5) is 29.3. The Morgan fingerprint density at radius 1 is 0.938 bits per heavy atom. The average molecular weight is 440 g/mol. The zero-order valence-corrected chi connectivity index (χ0v) is 20.0. The predicted octanol–water partition coefficient (Wildman–Crippen LogP) is 4.10. The molecule has 0 aliphatic heterocycles. The van der Waals surface area contributed by atoms with Crippen LogP contribution in [0.25, 0.3) is 0 Å². The Kier molecular flexibility index (Phi) is 9.72. The summed E-state index contributed by atoms with van der Waals surface area (Å²) < 4.78 is 5.48. The van der Waals surface area contributed by atoms with Gasteiger partial charge in [-0.05, 0) is 51.9 Å². The number of amides is 2. The molecule has 0 saturated heterocycles. The van der Waals surface area contributed by atoms with E-state index in [0.717, 1.165) is 25.1 Å². The lowest BCUT2D eigenvalue weighted by Gasteiger charge is -2.30. The fraction of sp³-hybridized carbons (Fsp3) is 0.462. The van der Waals surface area contributed by atoms with Gasteiger partial charge in [-0.3, -0.25) is 9.69 Å². The minimum absolute atomic E-state index is 0.173. The molecule has 6 heteroatoms. The first kappa shape index (κ1) is 25.4. The monoisotopic (exact) mass is 439 g/mol. The van der Waals surface area contributed by atoms with Gasteiger partial charge in [-0.1, -0.05) is 60.7 Å². The Hall–Kier alpha value is -2.86. The number of hydrogen-bond acceptors (Lipinski definition) is 4. The van der Waals surface area contributed by atoms with Crippen LogP contribution in [0, 0.1) is 0 Å². The molecule has 0 bridgehead atoms. The highest BCUT2D eigenvalue weighted by Crippen LogP contribution is 2.14. The Balaban J connectivity index is 1.91. The van der Waals surface area contributed by atoms with Crippen LogP contribution in [0.1, 0.15) is 38.3 Å². The Labute approximate surface area is 192 Å². The third-order valence-electron chi connectivity index (χ3n) is 5.03. The molecule has 0 fully saturated rings. The van der Waals surface area contributed by atoms with Crippen molar-refractivity contribution in [2.45, 2.75) is 51.8 Å². The normalized spacial score (nSPS) is 12.3. The summed E-state index contributed by atoms with van der Waals surface area (Å²) in [7, 11) is 3.69. The largest absolute Gasteiger partial charge is 0.444 e. The molecule has 0 spiro atoms. The standard InChI is InChI=1S/C26H37N3O3/c1-26(2,3)32-25(31)29(5)23(19-21-13-8-6-9-14-21)24(30)27-17-12-18-28(4)20-22-15-10-7-11-16-22/h6-11,13-16,23H,12,17-20H2,1-5H3,(H,27,30)/t23-/m0/s1. The van der Waals surface area contributed by atoms with Crippen molar-refractivity contribution in [2.75, 3.05) is 27.2 Å². The van der Waals surface area contributed by atoms with Gasteiger partial charge >= 0.3 is 6.09 Å². The molecule has 0 heterocycles. The van der Waals surface area contributed by atoms with Crippen molar-refractivity contribution in [2.24, 2.45) is 0 Å². The number of benzene rings is 2. The van der Waals surface area contributed by atoms with Crippen molar-refractivity contribution in [1.29, 1.82) is 0 Å². The van der Waals surface area contributed by atoms with E-state index in [0.29, 0.717) is 13.0 Å². The first-order valence-electron chi connectivity index (χ1n) is 11.2. The summed E-state index contributed by atoms with van der Waals surface area (Å²) in [5.74, 6) is -0.173. The third-order valence-corrected chi connectivity index (χ3v) is 5.03. The van der Waals surface area contributed by atoms with E-state index in [1.807, 2.05) is 69.3 Å². The number of carbonyl (C=O) groups excluding carboxylic acids is 2. The van der Waals surface area contributed by atoms with Crippen molar-refractivity contribution < 1.29 is 14.3 Å². The van der Waals surface area contributed by atoms with Crippen LogP contribution in [0.5, 0.6) is 0 Å². The Morgan fingerprint density at radius 2 is 1.50 bits per heavy atom. The number of rotatable bonds is 10. The summed E-state index contributed by atoms with van der Waals surface area (Å²) in [6, 6.07) is 19.4. The van der Waals surface area contributed by atoms with Crippen molar-refractivity contribution >= 4 is 12.0 Å². The van der Waals surface area contributed by atoms with Crippen molar-refractivity contribution in [3.63, 3.8) is 0 Å². The molecule has 174 valence electrons. The minimum atomic E-state index is -0.644. The SMILES string of the molecule is CN(CCCNC(=O)[C@H](Cc1ccccc1)N(C)C(=O)OC(C)(C)C)Cc1ccccc1. The smallest absolute Gasteiger partial charge is 0.410 e. The molecular formula is C26H37N3O3. The van der Waals surface area contributed by atoms with Gasteiger partial charge in [0, 0.05) is 26.6 Å². The van der Waals surface area contributed by atoms with Gasteiger partial charge in [0.1, 0.15) is 11.6 Å². The van der Waals surface area contributed by atoms with Crippen molar-refractivity contribution in [3.8, 4) is 0 Å². The second kappa shape index (κ2) is 12.2. The zero-order valence-electron chi connectivity index (χ0n) is 20.0. The number of nitrogens with one attached hydrogen (secondary N) is 1. The van der Waals surface area contributed by atoms with Crippen LogP contribution >= 0.6 is 0 Å². The van der Waals surface area contributed by atoms with Crippen LogP contribution in [0.2, 0.25) is 0 Å². The summed E-state index contributed by atoms with van der Waals surface area (Å²) >= 11 is 0. The highest BCUT2D eigenvalue weighted by molar-refractivity contribution is 5.86. The summed E-state index contributed by atoms with van der Waals surface area (Å²) in [5.41, 5.74) is 1.63. The van der Waals surface area contributed by atoms with Crippen molar-refractivity contribution in [1.82, 2.24) is 15.1 Å². The maximum Gasteiger partial charge on any atom is 0.410 e. The number of ether oxygens (including phenoxy) is 1. The molecule has 32 heavy (non-hydrogen) atoms. The molecule has 2 aromatic rings. The molecule has 1 N–H and O–H groups in total. The molecule has 0 aromatic heterocycles. The molecule has 1 atom stereocenters. The summed E-state index contributed by atoms with van der Waals surface area (Å²) in [6.45, 7) is 7.73. The number of carbonyl (C=O) groups is 2. The molecule has 2 amide bonds. The van der Waals surface area contributed by atoms with E-state index in [-0.39, 0.29) is 5.91 Å². The molecule has 2 aromatic carbocycles. The maximum absolute atomic E-state index is 13.0. The van der Waals surface area contributed by atoms with Crippen LogP contribution in [-0.2, 0) is 22.5 Å². The first-order valence-corrected chi connectivity index (χ1v) is 11.2. The first-order chi connectivity index (χ1) is 15.2. The topological polar surface area (TPSA) is 61.9 Å². The van der Waals surface area contributed by atoms with Gasteiger partial charge in [0.2, 0.25) is 5.91 Å². The highest BCUT2D eigenvalue weighted by Gasteiger charge is 2.30. The summed E-state index contributed by atoms with van der Waals surface area (Å²) in [5, 5.41) is 3.01. The van der Waals surface area contributed by atoms with Gasteiger partial charge in [0.25, 0.3) is 0 Å². The fourth-order valence-electron chi connectivity index (χ4n) is 3.36. The van der Waals surface area contributed by atoms with E-state index < -0.39 is 17.7 Å². The van der Waals surface area contributed by atoms with Crippen LogP contribution in [0.4, 0.5) is 4.79 Å². The number of nitrogens with zero attached hydrogens (tertiary/aromatic N) is 2. The van der Waals surface area contributed by atoms with Crippen molar-refractivity contribution in [3.05, 3.63) is 71.8 Å². The predicted molar refractivity (Wildman–Crippen MR) is 128 cm³/mol. The van der Waals surface area contributed by atoms with Gasteiger partial charge in [-0.15, -0.1) is 0 Å². The fourth-order valence-corrected chi connectivity index (χ4v) is 3.36. The second-order valence-corrected chi connectivity index (χ2v) is 9.16. The number of likely N-dealkylation sites (N-methyl/N-ethyl adjacent to an activating group) is 1. The van der Waals surface area contributed by atoms with Crippen LogP contribution in [-0.4, -0.2) is 60.6 Å². The molecule has 0 radical (unpaired) electrons. The lowest BCUT2D eigenvalue weighted by molar-refractivity contribution is -0.126. The van der Waals surface area contributed by atoms with Gasteiger partial charge in [0.15, 0.2) is 0 Å². The molecule has 0 unspecified atom stereocenters. The molecule has 0 saturated carbocycles. The average Bonchev–Trinajstić information content (AvgIpc) is 2.74. The molecule has 0 aliphatic carbocycles. The van der Waals surface area contributed by atoms with E-state index >= 15 is 0 Å². The van der Waals surface area contributed by atoms with Gasteiger partial charge in [-0.25, -0.2) is 4.79 Å². The lowest BCUT2D eigenvalue weighted by Crippen LogP contribution is -2.50. The molecule has 6 nitrogen and oxygen atoms in total. The number of hydrogen-bond donors (Lipinski definition) is 1. The molecule has 2 rings (SSSR count). The zero-order chi connectivity index (χ0) is 23.6. The molecule has 0 aliphatic rings. The van der Waals surface area contributed by atoms with Gasteiger partial charge < -0.3 is 15.0 Å². The van der Waals surface area contributed by atoms with E-state index in [9.17, 15) is 9.59 Å².